The van der Waals surface area contributed by atoms with Gasteiger partial charge in [-0.1, -0.05) is 169 Å². The molecule has 2 aromatic carbocycles. The summed E-state index contributed by atoms with van der Waals surface area (Å²) in [5, 5.41) is 0. The van der Waals surface area contributed by atoms with Crippen LogP contribution in [0.4, 0.5) is 0 Å². The molecule has 0 unspecified atom stereocenters. The number of benzene rings is 2. The van der Waals surface area contributed by atoms with Gasteiger partial charge in [-0.25, -0.2) is 4.70 Å². The van der Waals surface area contributed by atoms with Gasteiger partial charge in [0.2, 0.25) is 11.4 Å². The van der Waals surface area contributed by atoms with Crippen LogP contribution < -0.4 is 0 Å². The van der Waals surface area contributed by atoms with E-state index in [0.29, 0.717) is 0 Å². The predicted molar refractivity (Wildman–Crippen MR) is 230 cm³/mol. The number of unbranched alkanes of at least 4 members (excludes halogenated alkanes) is 19. The smallest absolute Gasteiger partial charge is 0.210 e. The van der Waals surface area contributed by atoms with E-state index in [1.807, 2.05) is 0 Å². The quantitative estimate of drug-likeness (QED) is 0.0550. The lowest BCUT2D eigenvalue weighted by Crippen LogP contribution is -2.05. The van der Waals surface area contributed by atoms with E-state index < -0.39 is 0 Å². The van der Waals surface area contributed by atoms with Gasteiger partial charge in [-0.3, -0.25) is 0 Å². The molecule has 0 bridgehead atoms. The number of rotatable bonds is 31. The Bertz CT molecular complexity index is 1280. The van der Waals surface area contributed by atoms with Crippen LogP contribution in [0.5, 0.6) is 0 Å². The molecule has 0 saturated carbocycles. The Balaban J connectivity index is 1.96. The Hall–Kier alpha value is -2.48. The van der Waals surface area contributed by atoms with E-state index in [4.69, 9.17) is 0 Å². The van der Waals surface area contributed by atoms with Gasteiger partial charge in [0.1, 0.15) is 0 Å². The third-order valence-electron chi connectivity index (χ3n) is 11.3. The van der Waals surface area contributed by atoms with E-state index in [1.165, 1.54) is 193 Å². The number of hydrogen-bond acceptors (Lipinski definition) is 0. The molecule has 0 saturated heterocycles. The summed E-state index contributed by atoms with van der Waals surface area (Å²) in [6.45, 7) is 11.5. The monoisotopic (exact) mass is 709 g/mol. The summed E-state index contributed by atoms with van der Waals surface area (Å²) in [6, 6.07) is 14.6. The molecule has 0 radical (unpaired) electrons. The zero-order chi connectivity index (χ0) is 37.2. The van der Waals surface area contributed by atoms with Crippen LogP contribution in [-0.2, 0) is 25.7 Å². The summed E-state index contributed by atoms with van der Waals surface area (Å²) >= 11 is 0. The van der Waals surface area contributed by atoms with Crippen LogP contribution in [0.3, 0.4) is 0 Å². The van der Waals surface area contributed by atoms with Crippen molar-refractivity contribution in [2.75, 3.05) is 0 Å². The zero-order valence-corrected chi connectivity index (χ0v) is 34.9. The highest BCUT2D eigenvalue weighted by Gasteiger charge is 2.29. The molecular weight excluding hydrogens is 629 g/mol. The molecule has 0 aliphatic carbocycles. The van der Waals surface area contributed by atoms with E-state index in [2.05, 4.69) is 77.1 Å². The van der Waals surface area contributed by atoms with Crippen molar-refractivity contribution in [2.45, 2.75) is 221 Å². The molecule has 3 rings (SSSR count). The summed E-state index contributed by atoms with van der Waals surface area (Å²) in [7, 11) is 0. The average Bonchev–Trinajstić information content (AvgIpc) is 3.48. The standard InChI is InChI=1S/C50H80N2/c1-6-11-16-19-22-27-32-44-36-45(33-28-23-20-17-12-7-2)40-48(39-44)50-46(34-29-24-21-18-13-8-3)41-49(52(50)51)47-37-42(30-25-14-9-4)35-43(38-47)31-26-15-10-5/h35-41H,6-34H2,1-5H3. The van der Waals surface area contributed by atoms with Crippen molar-refractivity contribution in [3.05, 3.63) is 87.0 Å². The van der Waals surface area contributed by atoms with Crippen molar-refractivity contribution < 1.29 is 4.70 Å². The second kappa shape index (κ2) is 27.2. The molecule has 1 aliphatic heterocycles. The molecule has 1 aliphatic rings. The maximum Gasteiger partial charge on any atom is 0.210 e. The number of aryl methyl sites for hydroxylation is 4. The van der Waals surface area contributed by atoms with Crippen molar-refractivity contribution in [1.29, 1.82) is 0 Å². The lowest BCUT2D eigenvalue weighted by Gasteiger charge is -2.15. The minimum atomic E-state index is 0.976. The van der Waals surface area contributed by atoms with Crippen molar-refractivity contribution >= 4 is 11.4 Å². The van der Waals surface area contributed by atoms with Crippen molar-refractivity contribution in [3.63, 3.8) is 0 Å². The van der Waals surface area contributed by atoms with Gasteiger partial charge < -0.3 is 5.53 Å². The molecule has 0 fully saturated rings. The van der Waals surface area contributed by atoms with Crippen molar-refractivity contribution in [2.24, 2.45) is 0 Å². The largest absolute Gasteiger partial charge is 0.493 e. The summed E-state index contributed by atoms with van der Waals surface area (Å²) < 4.78 is 1.60. The zero-order valence-electron chi connectivity index (χ0n) is 34.9. The van der Waals surface area contributed by atoms with E-state index in [0.717, 1.165) is 43.5 Å². The molecule has 52 heavy (non-hydrogen) atoms. The normalized spacial score (nSPS) is 13.1. The fourth-order valence-corrected chi connectivity index (χ4v) is 8.11. The summed E-state index contributed by atoms with van der Waals surface area (Å²) in [6.07, 6.45) is 39.0. The molecule has 0 aromatic heterocycles. The van der Waals surface area contributed by atoms with Crippen LogP contribution >= 0.6 is 0 Å². The van der Waals surface area contributed by atoms with Crippen molar-refractivity contribution in [3.8, 4) is 0 Å². The van der Waals surface area contributed by atoms with Gasteiger partial charge in [-0.15, -0.1) is 0 Å². The first-order valence-corrected chi connectivity index (χ1v) is 22.7. The molecule has 0 spiro atoms. The number of nitrogens with zero attached hydrogens (tertiary/aromatic N) is 2. The van der Waals surface area contributed by atoms with Crippen LogP contribution in [0.1, 0.15) is 229 Å². The Kier molecular flexibility index (Phi) is 22.9. The topological polar surface area (TPSA) is 25.3 Å². The Morgan fingerprint density at radius 3 is 1.08 bits per heavy atom. The van der Waals surface area contributed by atoms with Gasteiger partial charge in [0, 0.05) is 22.8 Å². The average molecular weight is 709 g/mol. The lowest BCUT2D eigenvalue weighted by atomic mass is 9.94. The van der Waals surface area contributed by atoms with Gasteiger partial charge in [-0.2, -0.15) is 0 Å². The van der Waals surface area contributed by atoms with Crippen molar-refractivity contribution in [1.82, 2.24) is 0 Å². The fourth-order valence-electron chi connectivity index (χ4n) is 8.11. The third-order valence-corrected chi connectivity index (χ3v) is 11.3. The molecule has 0 N–H and O–H groups in total. The second-order valence-corrected chi connectivity index (χ2v) is 16.3. The number of allylic oxidation sites excluding steroid dienone is 2. The summed E-state index contributed by atoms with van der Waals surface area (Å²) in [5.74, 6) is 0. The molecule has 1 heterocycles. The van der Waals surface area contributed by atoms with Crippen LogP contribution in [0.2, 0.25) is 0 Å². The molecule has 0 atom stereocenters. The molecule has 2 heteroatoms. The molecule has 2 aromatic rings. The van der Waals surface area contributed by atoms with E-state index in [-0.39, 0.29) is 0 Å². The molecular formula is C50H80N2. The summed E-state index contributed by atoms with van der Waals surface area (Å²) in [5.41, 5.74) is 23.8. The summed E-state index contributed by atoms with van der Waals surface area (Å²) in [4.78, 5) is 0. The first-order valence-electron chi connectivity index (χ1n) is 22.7. The van der Waals surface area contributed by atoms with Gasteiger partial charge in [0.25, 0.3) is 0 Å². The van der Waals surface area contributed by atoms with Crippen LogP contribution in [0.15, 0.2) is 48.0 Å². The van der Waals surface area contributed by atoms with Gasteiger partial charge in [-0.05, 0) is 111 Å². The van der Waals surface area contributed by atoms with Crippen LogP contribution in [0.25, 0.3) is 16.9 Å². The van der Waals surface area contributed by atoms with Gasteiger partial charge in [0.15, 0.2) is 0 Å². The van der Waals surface area contributed by atoms with E-state index >= 15 is 0 Å². The Morgan fingerprint density at radius 2 is 0.673 bits per heavy atom. The maximum atomic E-state index is 12.3. The Labute approximate surface area is 322 Å². The van der Waals surface area contributed by atoms with E-state index in [9.17, 15) is 5.53 Å². The molecule has 2 nitrogen and oxygen atoms in total. The van der Waals surface area contributed by atoms with E-state index in [1.54, 1.807) is 4.70 Å². The van der Waals surface area contributed by atoms with Gasteiger partial charge >= 0.3 is 0 Å². The fraction of sp³-hybridized carbons (Fsp3) is 0.680. The SMILES string of the molecule is CCCCCCCCC1=C(c2cc(CCCCCCCC)cc(CCCCCCCC)c2)[N+](=[N-])C(c2cc(CCCCC)cc(CCCCC)c2)=C1. The molecule has 290 valence electrons. The minimum absolute atomic E-state index is 0.976. The number of hydrogen-bond donors (Lipinski definition) is 0. The van der Waals surface area contributed by atoms with Crippen LogP contribution in [-0.4, -0.2) is 4.70 Å². The highest BCUT2D eigenvalue weighted by Crippen LogP contribution is 2.39. The molecule has 0 amide bonds. The predicted octanol–water partition coefficient (Wildman–Crippen LogP) is 16.5. The van der Waals surface area contributed by atoms with Crippen LogP contribution in [0, 0.1) is 0 Å². The van der Waals surface area contributed by atoms with Gasteiger partial charge in [0.05, 0.1) is 0 Å². The Morgan fingerprint density at radius 1 is 0.365 bits per heavy atom. The first-order chi connectivity index (χ1) is 25.5. The third kappa shape index (κ3) is 16.3. The maximum absolute atomic E-state index is 12.3. The minimum Gasteiger partial charge on any atom is -0.493 e. The highest BCUT2D eigenvalue weighted by molar-refractivity contribution is 5.79. The highest BCUT2D eigenvalue weighted by atomic mass is 15.2. The first kappa shape index (κ1) is 43.9. The second-order valence-electron chi connectivity index (χ2n) is 16.3. The lowest BCUT2D eigenvalue weighted by molar-refractivity contribution is -0.344.